The predicted octanol–water partition coefficient (Wildman–Crippen LogP) is 0.0389. The molecule has 9 heteroatoms. The fourth-order valence-corrected chi connectivity index (χ4v) is 5.71. The van der Waals surface area contributed by atoms with Crippen molar-refractivity contribution in [2.24, 2.45) is 0 Å². The van der Waals surface area contributed by atoms with Crippen LogP contribution in [0, 0.1) is 11.3 Å². The van der Waals surface area contributed by atoms with Crippen LogP contribution in [0.2, 0.25) is 0 Å². The lowest BCUT2D eigenvalue weighted by Crippen LogP contribution is -2.43. The smallest absolute Gasteiger partial charge is 0.229 e. The number of hydrogen-bond donors (Lipinski definition) is 0. The highest BCUT2D eigenvalue weighted by molar-refractivity contribution is 7.92. The van der Waals surface area contributed by atoms with Crippen LogP contribution in [-0.4, -0.2) is 45.7 Å². The molecule has 1 aliphatic heterocycles. The second kappa shape index (κ2) is 4.62. The van der Waals surface area contributed by atoms with Crippen molar-refractivity contribution in [1.82, 2.24) is 4.31 Å². The first-order valence-corrected chi connectivity index (χ1v) is 9.13. The number of nitriles is 1. The lowest BCUT2D eigenvalue weighted by molar-refractivity contribution is 0.432. The molecule has 98 valence electrons. The monoisotopic (exact) mass is 306 g/mol. The van der Waals surface area contributed by atoms with Gasteiger partial charge in [0.2, 0.25) is 0 Å². The molecule has 2 rings (SSSR count). The molecule has 0 amide bonds. The first kappa shape index (κ1) is 13.5. The molecule has 1 saturated heterocycles. The van der Waals surface area contributed by atoms with E-state index < -0.39 is 19.9 Å². The third-order valence-electron chi connectivity index (χ3n) is 2.59. The summed E-state index contributed by atoms with van der Waals surface area (Å²) in [6.45, 7) is -0.0467. The number of sulfone groups is 1. The van der Waals surface area contributed by atoms with Crippen molar-refractivity contribution < 1.29 is 16.8 Å². The van der Waals surface area contributed by atoms with Gasteiger partial charge in [0.25, 0.3) is 10.0 Å². The topological polar surface area (TPSA) is 95.3 Å². The molecule has 18 heavy (non-hydrogen) atoms. The summed E-state index contributed by atoms with van der Waals surface area (Å²) in [5, 5.41) is 8.67. The van der Waals surface area contributed by atoms with Crippen LogP contribution in [0.5, 0.6) is 0 Å². The highest BCUT2D eigenvalue weighted by Crippen LogP contribution is 2.25. The largest absolute Gasteiger partial charge is 0.252 e. The summed E-state index contributed by atoms with van der Waals surface area (Å²) in [5.74, 6) is -0.300. The molecule has 2 heterocycles. The van der Waals surface area contributed by atoms with Crippen molar-refractivity contribution >= 4 is 31.2 Å². The minimum atomic E-state index is -3.67. The fourth-order valence-electron chi connectivity index (χ4n) is 1.58. The van der Waals surface area contributed by atoms with Crippen LogP contribution in [0.15, 0.2) is 16.3 Å². The van der Waals surface area contributed by atoms with Crippen LogP contribution in [0.25, 0.3) is 0 Å². The highest BCUT2D eigenvalue weighted by atomic mass is 32.2. The van der Waals surface area contributed by atoms with Crippen LogP contribution in [-0.2, 0) is 19.9 Å². The van der Waals surface area contributed by atoms with Gasteiger partial charge in [0.05, 0.1) is 11.5 Å². The van der Waals surface area contributed by atoms with Crippen molar-refractivity contribution in [2.45, 2.75) is 4.21 Å². The Bertz CT molecular complexity index is 682. The van der Waals surface area contributed by atoms with Crippen molar-refractivity contribution in [3.63, 3.8) is 0 Å². The molecule has 0 aromatic carbocycles. The predicted molar refractivity (Wildman–Crippen MR) is 66.4 cm³/mol. The summed E-state index contributed by atoms with van der Waals surface area (Å²) in [6.07, 6.45) is 0. The van der Waals surface area contributed by atoms with E-state index in [0.717, 1.165) is 15.6 Å². The molecule has 1 aromatic rings. The van der Waals surface area contributed by atoms with Crippen LogP contribution in [0.1, 0.15) is 4.88 Å². The van der Waals surface area contributed by atoms with Gasteiger partial charge in [-0.1, -0.05) is 0 Å². The average Bonchev–Trinajstić information content (AvgIpc) is 2.77. The van der Waals surface area contributed by atoms with Gasteiger partial charge < -0.3 is 0 Å². The third-order valence-corrected chi connectivity index (χ3v) is 7.55. The zero-order valence-electron chi connectivity index (χ0n) is 9.24. The van der Waals surface area contributed by atoms with E-state index in [9.17, 15) is 16.8 Å². The van der Waals surface area contributed by atoms with Gasteiger partial charge in [-0.05, 0) is 12.1 Å². The van der Waals surface area contributed by atoms with Gasteiger partial charge in [0, 0.05) is 13.1 Å². The number of sulfonamides is 1. The molecule has 0 N–H and O–H groups in total. The summed E-state index contributed by atoms with van der Waals surface area (Å²) in [5.41, 5.74) is 0. The molecule has 0 aliphatic carbocycles. The van der Waals surface area contributed by atoms with E-state index in [1.807, 2.05) is 6.07 Å². The first-order chi connectivity index (χ1) is 8.35. The summed E-state index contributed by atoms with van der Waals surface area (Å²) < 4.78 is 48.1. The molecular weight excluding hydrogens is 296 g/mol. The molecule has 0 saturated carbocycles. The van der Waals surface area contributed by atoms with Gasteiger partial charge in [-0.15, -0.1) is 11.3 Å². The van der Waals surface area contributed by atoms with Crippen molar-refractivity contribution in [2.75, 3.05) is 24.6 Å². The Morgan fingerprint density at radius 2 is 1.89 bits per heavy atom. The quantitative estimate of drug-likeness (QED) is 0.768. The second-order valence-electron chi connectivity index (χ2n) is 3.79. The molecule has 1 aromatic heterocycles. The standard InChI is InChI=1S/C9H10N2O4S3/c10-7-8-1-2-9(16-8)18(14,15)11-3-5-17(12,13)6-4-11/h1-2H,3-6H2. The molecule has 6 nitrogen and oxygen atoms in total. The maximum Gasteiger partial charge on any atom is 0.252 e. The SMILES string of the molecule is N#Cc1ccc(S(=O)(=O)N2CCS(=O)(=O)CC2)s1. The molecule has 0 atom stereocenters. The van der Waals surface area contributed by atoms with Crippen LogP contribution >= 0.6 is 11.3 Å². The maximum atomic E-state index is 12.2. The van der Waals surface area contributed by atoms with Crippen molar-refractivity contribution in [3.05, 3.63) is 17.0 Å². The van der Waals surface area contributed by atoms with Gasteiger partial charge >= 0.3 is 0 Å². The molecule has 1 aliphatic rings. The Hall–Kier alpha value is -0.950. The van der Waals surface area contributed by atoms with Crippen LogP contribution in [0.3, 0.4) is 0 Å². The fraction of sp³-hybridized carbons (Fsp3) is 0.444. The average molecular weight is 306 g/mol. The van der Waals surface area contributed by atoms with E-state index in [0.29, 0.717) is 4.88 Å². The summed E-state index contributed by atoms with van der Waals surface area (Å²) in [4.78, 5) is 0.318. The summed E-state index contributed by atoms with van der Waals surface area (Å²) in [6, 6.07) is 4.69. The molecule has 0 radical (unpaired) electrons. The van der Waals surface area contributed by atoms with Gasteiger partial charge in [-0.3, -0.25) is 0 Å². The minimum Gasteiger partial charge on any atom is -0.229 e. The second-order valence-corrected chi connectivity index (χ2v) is 9.34. The first-order valence-electron chi connectivity index (χ1n) is 5.06. The zero-order chi connectivity index (χ0) is 13.4. The molecular formula is C9H10N2O4S3. The number of nitrogens with zero attached hydrogens (tertiary/aromatic N) is 2. The highest BCUT2D eigenvalue weighted by Gasteiger charge is 2.32. The van der Waals surface area contributed by atoms with Gasteiger partial charge in [-0.2, -0.15) is 9.57 Å². The van der Waals surface area contributed by atoms with Gasteiger partial charge in [-0.25, -0.2) is 16.8 Å². The Morgan fingerprint density at radius 1 is 1.28 bits per heavy atom. The molecule has 0 unspecified atom stereocenters. The Morgan fingerprint density at radius 3 is 2.39 bits per heavy atom. The molecule has 0 spiro atoms. The van der Waals surface area contributed by atoms with E-state index in [1.54, 1.807) is 0 Å². The number of rotatable bonds is 2. The van der Waals surface area contributed by atoms with E-state index in [2.05, 4.69) is 0 Å². The Kier molecular flexibility index (Phi) is 3.46. The van der Waals surface area contributed by atoms with Crippen molar-refractivity contribution in [3.8, 4) is 6.07 Å². The summed E-state index contributed by atoms with van der Waals surface area (Å²) >= 11 is 0.893. The Balaban J connectivity index is 2.25. The minimum absolute atomic E-state index is 0.0234. The number of thiophene rings is 1. The van der Waals surface area contributed by atoms with Crippen LogP contribution < -0.4 is 0 Å². The maximum absolute atomic E-state index is 12.2. The molecule has 1 fully saturated rings. The number of hydrogen-bond acceptors (Lipinski definition) is 6. The normalized spacial score (nSPS) is 20.4. The summed E-state index contributed by atoms with van der Waals surface area (Å²) in [7, 11) is -6.78. The van der Waals surface area contributed by atoms with Gasteiger partial charge in [0.15, 0.2) is 9.84 Å². The van der Waals surface area contributed by atoms with E-state index in [4.69, 9.17) is 5.26 Å². The van der Waals surface area contributed by atoms with E-state index >= 15 is 0 Å². The third kappa shape index (κ3) is 2.56. The van der Waals surface area contributed by atoms with E-state index in [1.165, 1.54) is 12.1 Å². The van der Waals surface area contributed by atoms with Crippen LogP contribution in [0.4, 0.5) is 0 Å². The Labute approximate surface area is 109 Å². The zero-order valence-corrected chi connectivity index (χ0v) is 11.7. The van der Waals surface area contributed by atoms with Gasteiger partial charge in [0.1, 0.15) is 15.2 Å². The lowest BCUT2D eigenvalue weighted by atomic mass is 10.5. The van der Waals surface area contributed by atoms with E-state index in [-0.39, 0.29) is 28.8 Å². The lowest BCUT2D eigenvalue weighted by Gasteiger charge is -2.25. The molecule has 0 bridgehead atoms. The van der Waals surface area contributed by atoms with Crippen molar-refractivity contribution in [1.29, 1.82) is 5.26 Å².